The molecule has 0 saturated carbocycles. The van der Waals surface area contributed by atoms with Crippen LogP contribution in [0.4, 0.5) is 0 Å². The first-order valence-electron chi connectivity index (χ1n) is 4.45. The highest BCUT2D eigenvalue weighted by atomic mass is 35.5. The number of hydrogen-bond acceptors (Lipinski definition) is 2. The molecule has 0 saturated heterocycles. The van der Waals surface area contributed by atoms with Crippen molar-refractivity contribution < 1.29 is 4.79 Å². The van der Waals surface area contributed by atoms with Crippen LogP contribution < -0.4 is 0 Å². The standard InChI is InChI=1S/C9H13ClN2O/c1-3-5-8(13)9-7(10)6-11-12(9)4-2/h6H,3-5H2,1-2H3. The van der Waals surface area contributed by atoms with Crippen LogP contribution in [-0.4, -0.2) is 15.6 Å². The Hall–Kier alpha value is -0.830. The van der Waals surface area contributed by atoms with Gasteiger partial charge in [0.15, 0.2) is 5.78 Å². The van der Waals surface area contributed by atoms with E-state index in [0.717, 1.165) is 6.42 Å². The Morgan fingerprint density at radius 1 is 1.62 bits per heavy atom. The molecule has 1 aromatic heterocycles. The Kier molecular flexibility index (Phi) is 3.48. The van der Waals surface area contributed by atoms with Crippen LogP contribution in [0.3, 0.4) is 0 Å². The van der Waals surface area contributed by atoms with E-state index in [4.69, 9.17) is 11.6 Å². The minimum absolute atomic E-state index is 0.0758. The third-order valence-electron chi connectivity index (χ3n) is 1.84. The maximum absolute atomic E-state index is 11.6. The third-order valence-corrected chi connectivity index (χ3v) is 2.11. The number of Topliss-reactive ketones (excluding diaryl/α,β-unsaturated/α-hetero) is 1. The lowest BCUT2D eigenvalue weighted by molar-refractivity contribution is 0.0971. The van der Waals surface area contributed by atoms with Crippen LogP contribution >= 0.6 is 11.6 Å². The van der Waals surface area contributed by atoms with Crippen molar-refractivity contribution in [1.29, 1.82) is 0 Å². The maximum Gasteiger partial charge on any atom is 0.182 e. The summed E-state index contributed by atoms with van der Waals surface area (Å²) in [5.74, 6) is 0.0758. The van der Waals surface area contributed by atoms with E-state index in [1.807, 2.05) is 13.8 Å². The molecule has 0 atom stereocenters. The van der Waals surface area contributed by atoms with Crippen LogP contribution in [0, 0.1) is 0 Å². The van der Waals surface area contributed by atoms with Gasteiger partial charge >= 0.3 is 0 Å². The summed E-state index contributed by atoms with van der Waals surface area (Å²) in [6.45, 7) is 4.59. The molecule has 0 radical (unpaired) electrons. The molecule has 0 aliphatic rings. The molecule has 1 rings (SSSR count). The first-order valence-corrected chi connectivity index (χ1v) is 4.83. The molecular formula is C9H13ClN2O. The smallest absolute Gasteiger partial charge is 0.182 e. The number of carbonyl (C=O) groups is 1. The first-order chi connectivity index (χ1) is 6.20. The molecule has 4 heteroatoms. The molecule has 0 aliphatic heterocycles. The SMILES string of the molecule is CCCC(=O)c1c(Cl)cnn1CC. The molecule has 0 spiro atoms. The minimum atomic E-state index is 0.0758. The maximum atomic E-state index is 11.6. The fourth-order valence-electron chi connectivity index (χ4n) is 1.22. The largest absolute Gasteiger partial charge is 0.292 e. The van der Waals surface area contributed by atoms with Crippen LogP contribution in [0.25, 0.3) is 0 Å². The monoisotopic (exact) mass is 200 g/mol. The number of ketones is 1. The average Bonchev–Trinajstić information content (AvgIpc) is 2.47. The Labute approximate surface area is 82.7 Å². The van der Waals surface area contributed by atoms with E-state index in [-0.39, 0.29) is 5.78 Å². The number of nitrogens with zero attached hydrogens (tertiary/aromatic N) is 2. The van der Waals surface area contributed by atoms with E-state index >= 15 is 0 Å². The van der Waals surface area contributed by atoms with Gasteiger partial charge in [0.25, 0.3) is 0 Å². The molecule has 0 bridgehead atoms. The van der Waals surface area contributed by atoms with Gasteiger partial charge in [0.05, 0.1) is 11.2 Å². The minimum Gasteiger partial charge on any atom is -0.292 e. The van der Waals surface area contributed by atoms with Crippen molar-refractivity contribution in [2.45, 2.75) is 33.2 Å². The van der Waals surface area contributed by atoms with Crippen molar-refractivity contribution in [2.24, 2.45) is 0 Å². The fourth-order valence-corrected chi connectivity index (χ4v) is 1.47. The summed E-state index contributed by atoms with van der Waals surface area (Å²) < 4.78 is 1.64. The second-order valence-electron chi connectivity index (χ2n) is 2.83. The van der Waals surface area contributed by atoms with Gasteiger partial charge in [-0.05, 0) is 13.3 Å². The molecule has 1 aromatic rings. The molecule has 0 N–H and O–H groups in total. The Morgan fingerprint density at radius 2 is 2.31 bits per heavy atom. The summed E-state index contributed by atoms with van der Waals surface area (Å²) in [6, 6.07) is 0. The van der Waals surface area contributed by atoms with E-state index in [2.05, 4.69) is 5.10 Å². The van der Waals surface area contributed by atoms with E-state index in [1.54, 1.807) is 4.68 Å². The van der Waals surface area contributed by atoms with Crippen LogP contribution in [0.2, 0.25) is 5.02 Å². The number of rotatable bonds is 4. The van der Waals surface area contributed by atoms with Gasteiger partial charge in [-0.2, -0.15) is 5.10 Å². The van der Waals surface area contributed by atoms with Crippen LogP contribution in [0.1, 0.15) is 37.2 Å². The van der Waals surface area contributed by atoms with Gasteiger partial charge in [0, 0.05) is 13.0 Å². The third kappa shape index (κ3) is 2.10. The zero-order valence-electron chi connectivity index (χ0n) is 7.88. The number of hydrogen-bond donors (Lipinski definition) is 0. The quantitative estimate of drug-likeness (QED) is 0.701. The van der Waals surface area contributed by atoms with Crippen LogP contribution in [0.15, 0.2) is 6.20 Å². The van der Waals surface area contributed by atoms with Gasteiger partial charge < -0.3 is 0 Å². The van der Waals surface area contributed by atoms with Gasteiger partial charge in [-0.15, -0.1) is 0 Å². The predicted molar refractivity (Wildman–Crippen MR) is 52.1 cm³/mol. The summed E-state index contributed by atoms with van der Waals surface area (Å²) in [5, 5.41) is 4.46. The van der Waals surface area contributed by atoms with Crippen LogP contribution in [0.5, 0.6) is 0 Å². The summed E-state index contributed by atoms with van der Waals surface area (Å²) in [5.41, 5.74) is 0.547. The van der Waals surface area contributed by atoms with E-state index in [9.17, 15) is 4.79 Å². The normalized spacial score (nSPS) is 10.4. The molecule has 1 heterocycles. The second kappa shape index (κ2) is 4.42. The van der Waals surface area contributed by atoms with Crippen molar-refractivity contribution in [3.8, 4) is 0 Å². The van der Waals surface area contributed by atoms with Gasteiger partial charge in [0.1, 0.15) is 5.69 Å². The molecule has 72 valence electrons. The molecule has 0 amide bonds. The Morgan fingerprint density at radius 3 is 2.85 bits per heavy atom. The first kappa shape index (κ1) is 10.3. The summed E-state index contributed by atoms with van der Waals surface area (Å²) in [7, 11) is 0. The highest BCUT2D eigenvalue weighted by Gasteiger charge is 2.15. The van der Waals surface area contributed by atoms with Crippen molar-refractivity contribution in [1.82, 2.24) is 9.78 Å². The zero-order valence-corrected chi connectivity index (χ0v) is 8.64. The van der Waals surface area contributed by atoms with Crippen molar-refractivity contribution >= 4 is 17.4 Å². The number of aromatic nitrogens is 2. The molecule has 0 fully saturated rings. The fraction of sp³-hybridized carbons (Fsp3) is 0.556. The number of aryl methyl sites for hydroxylation is 1. The predicted octanol–water partition coefficient (Wildman–Crippen LogP) is 2.54. The summed E-state index contributed by atoms with van der Waals surface area (Å²) in [4.78, 5) is 11.6. The molecule has 13 heavy (non-hydrogen) atoms. The average molecular weight is 201 g/mol. The van der Waals surface area contributed by atoms with Crippen LogP contribution in [-0.2, 0) is 6.54 Å². The lowest BCUT2D eigenvalue weighted by Gasteiger charge is -2.02. The van der Waals surface area contributed by atoms with Crippen molar-refractivity contribution in [3.05, 3.63) is 16.9 Å². The van der Waals surface area contributed by atoms with E-state index < -0.39 is 0 Å². The Bertz CT molecular complexity index is 307. The lowest BCUT2D eigenvalue weighted by Crippen LogP contribution is -2.09. The highest BCUT2D eigenvalue weighted by molar-refractivity contribution is 6.33. The number of halogens is 1. The second-order valence-corrected chi connectivity index (χ2v) is 3.24. The van der Waals surface area contributed by atoms with E-state index in [0.29, 0.717) is 23.7 Å². The number of carbonyl (C=O) groups excluding carboxylic acids is 1. The Balaban J connectivity index is 2.96. The highest BCUT2D eigenvalue weighted by Crippen LogP contribution is 2.17. The van der Waals surface area contributed by atoms with E-state index in [1.165, 1.54) is 6.20 Å². The molecule has 3 nitrogen and oxygen atoms in total. The molecule has 0 aliphatic carbocycles. The van der Waals surface area contributed by atoms with Crippen molar-refractivity contribution in [2.75, 3.05) is 0 Å². The topological polar surface area (TPSA) is 34.9 Å². The molecule has 0 unspecified atom stereocenters. The lowest BCUT2D eigenvalue weighted by atomic mass is 10.2. The van der Waals surface area contributed by atoms with Gasteiger partial charge in [-0.3, -0.25) is 9.48 Å². The van der Waals surface area contributed by atoms with Crippen molar-refractivity contribution in [3.63, 3.8) is 0 Å². The zero-order chi connectivity index (χ0) is 9.84. The molecule has 0 aromatic carbocycles. The van der Waals surface area contributed by atoms with Gasteiger partial charge in [-0.25, -0.2) is 0 Å². The van der Waals surface area contributed by atoms with Gasteiger partial charge in [-0.1, -0.05) is 18.5 Å². The summed E-state index contributed by atoms with van der Waals surface area (Å²) in [6.07, 6.45) is 2.89. The molecular weight excluding hydrogens is 188 g/mol. The summed E-state index contributed by atoms with van der Waals surface area (Å²) >= 11 is 5.85. The van der Waals surface area contributed by atoms with Gasteiger partial charge in [0.2, 0.25) is 0 Å².